The molecule has 0 saturated heterocycles. The van der Waals surface area contributed by atoms with Crippen molar-refractivity contribution in [3.63, 3.8) is 0 Å². The molecule has 15 heavy (non-hydrogen) atoms. The number of ether oxygens (including phenoxy) is 1. The lowest BCUT2D eigenvalue weighted by Gasteiger charge is -2.07. The summed E-state index contributed by atoms with van der Waals surface area (Å²) in [6, 6.07) is 8.03. The molecule has 0 bridgehead atoms. The van der Waals surface area contributed by atoms with Crippen LogP contribution in [0, 0.1) is 0 Å². The van der Waals surface area contributed by atoms with Crippen molar-refractivity contribution in [2.24, 2.45) is 0 Å². The van der Waals surface area contributed by atoms with Crippen LogP contribution in [-0.4, -0.2) is 31.4 Å². The van der Waals surface area contributed by atoms with Crippen LogP contribution in [-0.2, 0) is 6.42 Å². The molecule has 0 aliphatic rings. The van der Waals surface area contributed by atoms with E-state index in [1.54, 1.807) is 14.0 Å². The van der Waals surface area contributed by atoms with Crippen molar-refractivity contribution < 1.29 is 9.84 Å². The highest BCUT2D eigenvalue weighted by Gasteiger charge is 1.97. The summed E-state index contributed by atoms with van der Waals surface area (Å²) in [7, 11) is 1.67. The Labute approximate surface area is 91.1 Å². The maximum atomic E-state index is 9.05. The normalized spacial score (nSPS) is 12.5. The van der Waals surface area contributed by atoms with E-state index >= 15 is 0 Å². The summed E-state index contributed by atoms with van der Waals surface area (Å²) in [5.41, 5.74) is 1.24. The fraction of sp³-hybridized carbons (Fsp3) is 0.500. The van der Waals surface area contributed by atoms with E-state index in [4.69, 9.17) is 9.84 Å². The second-order valence-electron chi connectivity index (χ2n) is 3.65. The fourth-order valence-electron chi connectivity index (χ4n) is 1.37. The average molecular weight is 209 g/mol. The number of hydrogen-bond acceptors (Lipinski definition) is 3. The number of aliphatic hydroxyl groups excluding tert-OH is 1. The summed E-state index contributed by atoms with van der Waals surface area (Å²) in [5.74, 6) is 0.892. The zero-order valence-electron chi connectivity index (χ0n) is 9.36. The van der Waals surface area contributed by atoms with Crippen molar-refractivity contribution in [1.29, 1.82) is 0 Å². The van der Waals surface area contributed by atoms with Gasteiger partial charge in [-0.05, 0) is 37.6 Å². The molecule has 0 heterocycles. The van der Waals surface area contributed by atoms with Gasteiger partial charge < -0.3 is 15.2 Å². The number of rotatable bonds is 6. The van der Waals surface area contributed by atoms with Crippen molar-refractivity contribution >= 4 is 0 Å². The number of methoxy groups -OCH3 is 1. The molecule has 3 nitrogen and oxygen atoms in total. The number of hydrogen-bond donors (Lipinski definition) is 2. The van der Waals surface area contributed by atoms with Gasteiger partial charge in [0.2, 0.25) is 0 Å². The van der Waals surface area contributed by atoms with Crippen LogP contribution in [0.2, 0.25) is 0 Å². The molecule has 0 saturated carbocycles. The monoisotopic (exact) mass is 209 g/mol. The van der Waals surface area contributed by atoms with Gasteiger partial charge in [-0.2, -0.15) is 0 Å². The SMILES string of the molecule is COc1cccc(CCNC[C@H](C)O)c1. The quantitative estimate of drug-likeness (QED) is 0.692. The Bertz CT molecular complexity index is 287. The minimum Gasteiger partial charge on any atom is -0.497 e. The average Bonchev–Trinajstić information content (AvgIpc) is 2.24. The molecule has 84 valence electrons. The van der Waals surface area contributed by atoms with E-state index in [0.29, 0.717) is 6.54 Å². The van der Waals surface area contributed by atoms with Crippen LogP contribution in [0.3, 0.4) is 0 Å². The Hall–Kier alpha value is -1.06. The van der Waals surface area contributed by atoms with Gasteiger partial charge in [0.1, 0.15) is 5.75 Å². The third-order valence-corrected chi connectivity index (χ3v) is 2.16. The minimum absolute atomic E-state index is 0.282. The largest absolute Gasteiger partial charge is 0.497 e. The fourth-order valence-corrected chi connectivity index (χ4v) is 1.37. The predicted molar refractivity (Wildman–Crippen MR) is 61.2 cm³/mol. The summed E-state index contributed by atoms with van der Waals surface area (Å²) in [4.78, 5) is 0. The maximum absolute atomic E-state index is 9.05. The lowest BCUT2D eigenvalue weighted by molar-refractivity contribution is 0.191. The first kappa shape index (κ1) is 12.0. The summed E-state index contributed by atoms with van der Waals surface area (Å²) < 4.78 is 5.14. The highest BCUT2D eigenvalue weighted by molar-refractivity contribution is 5.28. The molecular formula is C12H19NO2. The molecular weight excluding hydrogens is 190 g/mol. The molecule has 3 heteroatoms. The van der Waals surface area contributed by atoms with E-state index < -0.39 is 0 Å². The van der Waals surface area contributed by atoms with Gasteiger partial charge in [-0.25, -0.2) is 0 Å². The molecule has 1 aromatic carbocycles. The summed E-state index contributed by atoms with van der Waals surface area (Å²) in [5, 5.41) is 12.2. The zero-order chi connectivity index (χ0) is 11.1. The Morgan fingerprint density at radius 1 is 1.47 bits per heavy atom. The van der Waals surface area contributed by atoms with Crippen LogP contribution in [0.4, 0.5) is 0 Å². The van der Waals surface area contributed by atoms with Crippen molar-refractivity contribution in [2.45, 2.75) is 19.4 Å². The van der Waals surface area contributed by atoms with Gasteiger partial charge >= 0.3 is 0 Å². The first-order valence-electron chi connectivity index (χ1n) is 5.24. The van der Waals surface area contributed by atoms with E-state index in [0.717, 1.165) is 18.7 Å². The molecule has 0 aliphatic heterocycles. The van der Waals surface area contributed by atoms with Crippen LogP contribution in [0.5, 0.6) is 5.75 Å². The molecule has 0 spiro atoms. The highest BCUT2D eigenvalue weighted by atomic mass is 16.5. The highest BCUT2D eigenvalue weighted by Crippen LogP contribution is 2.12. The van der Waals surface area contributed by atoms with E-state index in [9.17, 15) is 0 Å². The van der Waals surface area contributed by atoms with Crippen molar-refractivity contribution in [1.82, 2.24) is 5.32 Å². The topological polar surface area (TPSA) is 41.5 Å². The molecule has 0 amide bonds. The smallest absolute Gasteiger partial charge is 0.119 e. The van der Waals surface area contributed by atoms with Crippen molar-refractivity contribution in [2.75, 3.05) is 20.2 Å². The molecule has 0 unspecified atom stereocenters. The Morgan fingerprint density at radius 2 is 2.27 bits per heavy atom. The lowest BCUT2D eigenvalue weighted by atomic mass is 10.1. The third-order valence-electron chi connectivity index (χ3n) is 2.16. The van der Waals surface area contributed by atoms with Crippen LogP contribution in [0.25, 0.3) is 0 Å². The van der Waals surface area contributed by atoms with Gasteiger partial charge in [-0.3, -0.25) is 0 Å². The number of aliphatic hydroxyl groups is 1. The zero-order valence-corrected chi connectivity index (χ0v) is 9.36. The van der Waals surface area contributed by atoms with E-state index in [-0.39, 0.29) is 6.10 Å². The molecule has 0 aromatic heterocycles. The molecule has 0 aliphatic carbocycles. The number of nitrogens with one attached hydrogen (secondary N) is 1. The summed E-state index contributed by atoms with van der Waals surface area (Å²) in [6.07, 6.45) is 0.666. The second-order valence-corrected chi connectivity index (χ2v) is 3.65. The third kappa shape index (κ3) is 4.81. The minimum atomic E-state index is -0.282. The number of benzene rings is 1. The van der Waals surface area contributed by atoms with Gasteiger partial charge in [-0.1, -0.05) is 12.1 Å². The van der Waals surface area contributed by atoms with Crippen molar-refractivity contribution in [3.05, 3.63) is 29.8 Å². The molecule has 1 atom stereocenters. The van der Waals surface area contributed by atoms with E-state index in [1.807, 2.05) is 18.2 Å². The molecule has 1 aromatic rings. The Balaban J connectivity index is 2.30. The first-order chi connectivity index (χ1) is 7.22. The predicted octanol–water partition coefficient (Wildman–Crippen LogP) is 1.21. The van der Waals surface area contributed by atoms with E-state index in [1.165, 1.54) is 5.56 Å². The first-order valence-corrected chi connectivity index (χ1v) is 5.24. The summed E-state index contributed by atoms with van der Waals surface area (Å²) >= 11 is 0. The van der Waals surface area contributed by atoms with Crippen LogP contribution in [0.1, 0.15) is 12.5 Å². The summed E-state index contributed by atoms with van der Waals surface area (Å²) in [6.45, 7) is 3.29. The van der Waals surface area contributed by atoms with Crippen LogP contribution in [0.15, 0.2) is 24.3 Å². The standard InChI is InChI=1S/C12H19NO2/c1-10(14)9-13-7-6-11-4-3-5-12(8-11)15-2/h3-5,8,10,13-14H,6-7,9H2,1-2H3/t10-/m0/s1. The van der Waals surface area contributed by atoms with Gasteiger partial charge in [-0.15, -0.1) is 0 Å². The van der Waals surface area contributed by atoms with Crippen LogP contribution >= 0.6 is 0 Å². The van der Waals surface area contributed by atoms with Gasteiger partial charge in [0, 0.05) is 6.54 Å². The van der Waals surface area contributed by atoms with E-state index in [2.05, 4.69) is 11.4 Å². The molecule has 1 rings (SSSR count). The Morgan fingerprint density at radius 3 is 2.93 bits per heavy atom. The van der Waals surface area contributed by atoms with Crippen molar-refractivity contribution in [3.8, 4) is 5.75 Å². The maximum Gasteiger partial charge on any atom is 0.119 e. The lowest BCUT2D eigenvalue weighted by Crippen LogP contribution is -2.26. The van der Waals surface area contributed by atoms with Gasteiger partial charge in [0.25, 0.3) is 0 Å². The molecule has 2 N–H and O–H groups in total. The Kier molecular flexibility index (Phi) is 5.15. The molecule has 0 fully saturated rings. The molecule has 0 radical (unpaired) electrons. The van der Waals surface area contributed by atoms with Gasteiger partial charge in [0.05, 0.1) is 13.2 Å². The van der Waals surface area contributed by atoms with Gasteiger partial charge in [0.15, 0.2) is 0 Å². The second kappa shape index (κ2) is 6.43. The van der Waals surface area contributed by atoms with Crippen LogP contribution < -0.4 is 10.1 Å².